The number of carbonyl (C=O) groups excluding carboxylic acids is 2. The second-order valence-corrected chi connectivity index (χ2v) is 6.49. The number of rotatable bonds is 8. The molecule has 2 N–H and O–H groups in total. The van der Waals surface area contributed by atoms with Crippen LogP contribution in [0.25, 0.3) is 0 Å². The Labute approximate surface area is 158 Å². The molecule has 3 heterocycles. The van der Waals surface area contributed by atoms with E-state index < -0.39 is 0 Å². The number of pyridine rings is 1. The van der Waals surface area contributed by atoms with Gasteiger partial charge in [0.1, 0.15) is 5.69 Å². The number of ether oxygens (including phenoxy) is 1. The number of carbonyl (C=O) groups is 2. The van der Waals surface area contributed by atoms with E-state index in [4.69, 9.17) is 4.74 Å². The normalized spacial score (nSPS) is 13.1. The number of nitrogens with one attached hydrogen (secondary N) is 2. The largest absolute Gasteiger partial charge is 0.385 e. The molecule has 8 nitrogen and oxygen atoms in total. The van der Waals surface area contributed by atoms with Crippen molar-refractivity contribution >= 4 is 11.8 Å². The van der Waals surface area contributed by atoms with E-state index in [-0.39, 0.29) is 11.8 Å². The molecule has 0 radical (unpaired) electrons. The Hall–Kier alpha value is -2.74. The highest BCUT2D eigenvalue weighted by molar-refractivity contribution is 5.97. The van der Waals surface area contributed by atoms with Crippen LogP contribution >= 0.6 is 0 Å². The molecule has 0 atom stereocenters. The first-order valence-corrected chi connectivity index (χ1v) is 9.24. The van der Waals surface area contributed by atoms with Gasteiger partial charge in [-0.2, -0.15) is 0 Å². The maximum atomic E-state index is 12.7. The Bertz CT molecular complexity index is 788. The first-order chi connectivity index (χ1) is 13.2. The fraction of sp³-hybridized carbons (Fsp3) is 0.474. The molecule has 1 aliphatic heterocycles. The number of aromatic nitrogens is 3. The Morgan fingerprint density at radius 3 is 2.93 bits per heavy atom. The van der Waals surface area contributed by atoms with Gasteiger partial charge in [-0.3, -0.25) is 14.6 Å². The highest BCUT2D eigenvalue weighted by Crippen LogP contribution is 2.21. The van der Waals surface area contributed by atoms with Gasteiger partial charge < -0.3 is 19.9 Å². The fourth-order valence-electron chi connectivity index (χ4n) is 3.16. The monoisotopic (exact) mass is 371 g/mol. The van der Waals surface area contributed by atoms with Crippen LogP contribution in [0.4, 0.5) is 0 Å². The Morgan fingerprint density at radius 2 is 2.15 bits per heavy atom. The van der Waals surface area contributed by atoms with Crippen molar-refractivity contribution in [3.63, 3.8) is 0 Å². The summed E-state index contributed by atoms with van der Waals surface area (Å²) in [4.78, 5) is 33.6. The van der Waals surface area contributed by atoms with E-state index >= 15 is 0 Å². The summed E-state index contributed by atoms with van der Waals surface area (Å²) in [5.74, 6) is -0.209. The Kier molecular flexibility index (Phi) is 6.54. The van der Waals surface area contributed by atoms with Crippen molar-refractivity contribution in [2.45, 2.75) is 38.8 Å². The van der Waals surface area contributed by atoms with Gasteiger partial charge in [0.25, 0.3) is 11.8 Å². The van der Waals surface area contributed by atoms with E-state index in [2.05, 4.69) is 20.6 Å². The van der Waals surface area contributed by atoms with Gasteiger partial charge in [0.05, 0.1) is 5.69 Å². The van der Waals surface area contributed by atoms with E-state index in [9.17, 15) is 9.59 Å². The van der Waals surface area contributed by atoms with E-state index in [1.807, 2.05) is 16.7 Å². The number of nitrogens with zero attached hydrogens (tertiary/aromatic N) is 3. The molecule has 3 rings (SSSR count). The van der Waals surface area contributed by atoms with Crippen LogP contribution in [0, 0.1) is 0 Å². The molecule has 144 valence electrons. The highest BCUT2D eigenvalue weighted by Gasteiger charge is 2.27. The predicted octanol–water partition coefficient (Wildman–Crippen LogP) is 1.31. The first-order valence-electron chi connectivity index (χ1n) is 9.24. The summed E-state index contributed by atoms with van der Waals surface area (Å²) in [6.45, 7) is 2.17. The summed E-state index contributed by atoms with van der Waals surface area (Å²) < 4.78 is 6.87. The molecule has 0 saturated heterocycles. The van der Waals surface area contributed by atoms with Crippen molar-refractivity contribution in [2.75, 3.05) is 20.3 Å². The van der Waals surface area contributed by atoms with Gasteiger partial charge >= 0.3 is 0 Å². The molecule has 0 spiro atoms. The smallest absolute Gasteiger partial charge is 0.287 e. The lowest BCUT2D eigenvalue weighted by Crippen LogP contribution is -2.27. The first kappa shape index (κ1) is 19.0. The summed E-state index contributed by atoms with van der Waals surface area (Å²) in [5.41, 5.74) is 2.11. The van der Waals surface area contributed by atoms with Gasteiger partial charge in [-0.05, 0) is 37.3 Å². The van der Waals surface area contributed by atoms with Crippen LogP contribution in [-0.2, 0) is 24.2 Å². The van der Waals surface area contributed by atoms with Crippen LogP contribution in [0.15, 0.2) is 24.5 Å². The molecule has 1 aliphatic rings. The maximum absolute atomic E-state index is 12.7. The lowest BCUT2D eigenvalue weighted by atomic mass is 10.1. The van der Waals surface area contributed by atoms with E-state index in [1.165, 1.54) is 0 Å². The maximum Gasteiger partial charge on any atom is 0.287 e. The molecule has 2 aromatic rings. The van der Waals surface area contributed by atoms with Gasteiger partial charge in [-0.25, -0.2) is 4.98 Å². The zero-order chi connectivity index (χ0) is 19.1. The predicted molar refractivity (Wildman–Crippen MR) is 99.4 cm³/mol. The molecule has 0 bridgehead atoms. The van der Waals surface area contributed by atoms with Crippen molar-refractivity contribution in [2.24, 2.45) is 0 Å². The molecular formula is C19H25N5O3. The van der Waals surface area contributed by atoms with E-state index in [0.29, 0.717) is 37.8 Å². The number of hydrogen-bond acceptors (Lipinski definition) is 5. The van der Waals surface area contributed by atoms with Crippen LogP contribution in [0.2, 0.25) is 0 Å². The molecule has 8 heteroatoms. The molecule has 0 fully saturated rings. The van der Waals surface area contributed by atoms with Gasteiger partial charge in [-0.15, -0.1) is 0 Å². The minimum absolute atomic E-state index is 0.233. The molecule has 0 saturated carbocycles. The number of fused-ring (bicyclic) bond motifs is 1. The van der Waals surface area contributed by atoms with Crippen LogP contribution in [0.1, 0.15) is 51.6 Å². The summed E-state index contributed by atoms with van der Waals surface area (Å²) in [6, 6.07) is 3.72. The third-order valence-electron chi connectivity index (χ3n) is 4.52. The van der Waals surface area contributed by atoms with Gasteiger partial charge in [0.2, 0.25) is 0 Å². The summed E-state index contributed by atoms with van der Waals surface area (Å²) in [7, 11) is 1.63. The molecular weight excluding hydrogens is 346 g/mol. The summed E-state index contributed by atoms with van der Waals surface area (Å²) in [5, 5.41) is 5.73. The molecule has 0 unspecified atom stereocenters. The van der Waals surface area contributed by atoms with E-state index in [1.54, 1.807) is 19.5 Å². The number of methoxy groups -OCH3 is 1. The quantitative estimate of drug-likeness (QED) is 0.682. The third kappa shape index (κ3) is 4.71. The van der Waals surface area contributed by atoms with Gasteiger partial charge in [0.15, 0.2) is 5.82 Å². The zero-order valence-electron chi connectivity index (χ0n) is 15.5. The standard InChI is InChI=1S/C19H25N5O3/c1-27-11-5-9-21-18(25)16-15-7-2-3-10-24(15)17(23-16)19(26)22-13-14-6-4-8-20-12-14/h4,6,8,12H,2-3,5,7,9-11,13H2,1H3,(H,21,25)(H,22,26). The van der Waals surface area contributed by atoms with Crippen molar-refractivity contribution in [1.29, 1.82) is 0 Å². The average molecular weight is 371 g/mol. The lowest BCUT2D eigenvalue weighted by Gasteiger charge is -2.17. The topological polar surface area (TPSA) is 98.1 Å². The number of hydrogen-bond donors (Lipinski definition) is 2. The Balaban J connectivity index is 1.72. The Morgan fingerprint density at radius 1 is 1.26 bits per heavy atom. The fourth-order valence-corrected chi connectivity index (χ4v) is 3.16. The SMILES string of the molecule is COCCCNC(=O)c1nc(C(=O)NCc2cccnc2)n2c1CCCC2. The number of amides is 2. The van der Waals surface area contributed by atoms with Crippen molar-refractivity contribution in [1.82, 2.24) is 25.2 Å². The van der Waals surface area contributed by atoms with Gasteiger partial charge in [-0.1, -0.05) is 6.07 Å². The van der Waals surface area contributed by atoms with Crippen LogP contribution < -0.4 is 10.6 Å². The third-order valence-corrected chi connectivity index (χ3v) is 4.52. The van der Waals surface area contributed by atoms with Gasteiger partial charge in [0, 0.05) is 45.7 Å². The lowest BCUT2D eigenvalue weighted by molar-refractivity contribution is 0.0934. The summed E-state index contributed by atoms with van der Waals surface area (Å²) >= 11 is 0. The van der Waals surface area contributed by atoms with Crippen molar-refractivity contribution < 1.29 is 14.3 Å². The molecule has 0 aliphatic carbocycles. The minimum atomic E-state index is -0.277. The highest BCUT2D eigenvalue weighted by atomic mass is 16.5. The van der Waals surface area contributed by atoms with Crippen molar-refractivity contribution in [3.05, 3.63) is 47.3 Å². The minimum Gasteiger partial charge on any atom is -0.385 e. The van der Waals surface area contributed by atoms with Crippen molar-refractivity contribution in [3.8, 4) is 0 Å². The van der Waals surface area contributed by atoms with Crippen LogP contribution in [-0.4, -0.2) is 46.6 Å². The zero-order valence-corrected chi connectivity index (χ0v) is 15.5. The molecule has 27 heavy (non-hydrogen) atoms. The second-order valence-electron chi connectivity index (χ2n) is 6.49. The van der Waals surface area contributed by atoms with Crippen LogP contribution in [0.5, 0.6) is 0 Å². The average Bonchev–Trinajstić information content (AvgIpc) is 3.10. The van der Waals surface area contributed by atoms with E-state index in [0.717, 1.165) is 36.9 Å². The number of imidazole rings is 1. The molecule has 0 aromatic carbocycles. The second kappa shape index (κ2) is 9.27. The molecule has 2 amide bonds. The van der Waals surface area contributed by atoms with Crippen LogP contribution in [0.3, 0.4) is 0 Å². The summed E-state index contributed by atoms with van der Waals surface area (Å²) in [6.07, 6.45) is 6.85. The molecule has 2 aromatic heterocycles.